The second-order valence-corrected chi connectivity index (χ2v) is 8.06. The number of carbonyl (C=O) groups is 2. The minimum absolute atomic E-state index is 0.0956. The van der Waals surface area contributed by atoms with Crippen molar-refractivity contribution >= 4 is 11.8 Å². The maximum Gasteiger partial charge on any atom is 0.247 e. The number of rotatable bonds is 8. The first-order valence-electron chi connectivity index (χ1n) is 11.0. The number of hydrogen-bond donors (Lipinski definition) is 4. The predicted octanol–water partition coefficient (Wildman–Crippen LogP) is 0.977. The van der Waals surface area contributed by atoms with Crippen LogP contribution in [-0.4, -0.2) is 60.0 Å². The number of hydrogen-bond acceptors (Lipinski definition) is 6. The molecule has 1 saturated heterocycles. The Bertz CT molecular complexity index is 955. The molecule has 2 aromatic rings. The van der Waals surface area contributed by atoms with Crippen LogP contribution < -0.4 is 10.6 Å². The molecule has 174 valence electrons. The summed E-state index contributed by atoms with van der Waals surface area (Å²) in [5.41, 5.74) is 1.98. The molecule has 0 spiro atoms. The third kappa shape index (κ3) is 4.99. The van der Waals surface area contributed by atoms with Gasteiger partial charge in [-0.25, -0.2) is 0 Å². The summed E-state index contributed by atoms with van der Waals surface area (Å²) < 4.78 is 12.8. The van der Waals surface area contributed by atoms with Crippen molar-refractivity contribution in [3.05, 3.63) is 83.4 Å². The number of fused-ring (bicyclic) bond motifs is 1. The van der Waals surface area contributed by atoms with Crippen LogP contribution in [0, 0.1) is 0 Å². The van der Waals surface area contributed by atoms with Crippen LogP contribution in [0.2, 0.25) is 0 Å². The van der Waals surface area contributed by atoms with Gasteiger partial charge in [0.2, 0.25) is 17.6 Å². The van der Waals surface area contributed by atoms with Gasteiger partial charge in [0.1, 0.15) is 12.2 Å². The highest BCUT2D eigenvalue weighted by molar-refractivity contribution is 5.94. The Balaban J connectivity index is 1.51. The lowest BCUT2D eigenvalue weighted by atomic mass is 9.92. The maximum atomic E-state index is 12.7. The van der Waals surface area contributed by atoms with Gasteiger partial charge in [-0.15, -0.1) is 0 Å². The van der Waals surface area contributed by atoms with Crippen LogP contribution in [0.1, 0.15) is 24.0 Å². The third-order valence-electron chi connectivity index (χ3n) is 5.77. The van der Waals surface area contributed by atoms with Crippen molar-refractivity contribution in [2.75, 3.05) is 19.7 Å². The first-order valence-corrected chi connectivity index (χ1v) is 11.0. The van der Waals surface area contributed by atoms with Crippen LogP contribution in [0.5, 0.6) is 0 Å². The summed E-state index contributed by atoms with van der Waals surface area (Å²) in [5.74, 6) is -1.82. The van der Waals surface area contributed by atoms with Crippen molar-refractivity contribution in [2.45, 2.75) is 36.9 Å². The second kappa shape index (κ2) is 10.3. The number of nitrogens with one attached hydrogen (secondary N) is 2. The van der Waals surface area contributed by atoms with Crippen LogP contribution >= 0.6 is 0 Å². The van der Waals surface area contributed by atoms with Gasteiger partial charge in [-0.2, -0.15) is 0 Å². The van der Waals surface area contributed by atoms with E-state index in [0.29, 0.717) is 5.57 Å². The topological polar surface area (TPSA) is 117 Å². The van der Waals surface area contributed by atoms with E-state index in [1.165, 1.54) is 0 Å². The molecule has 1 aliphatic heterocycles. The van der Waals surface area contributed by atoms with Crippen molar-refractivity contribution in [3.63, 3.8) is 0 Å². The Kier molecular flexibility index (Phi) is 7.20. The van der Waals surface area contributed by atoms with E-state index in [4.69, 9.17) is 14.6 Å². The minimum Gasteiger partial charge on any atom is -0.395 e. The fourth-order valence-corrected chi connectivity index (χ4v) is 4.19. The zero-order valence-electron chi connectivity index (χ0n) is 18.1. The summed E-state index contributed by atoms with van der Waals surface area (Å²) in [5, 5.41) is 24.8. The number of aliphatic hydroxyl groups excluding tert-OH is 2. The first-order chi connectivity index (χ1) is 16.0. The van der Waals surface area contributed by atoms with E-state index in [1.54, 1.807) is 6.08 Å². The quantitative estimate of drug-likeness (QED) is 0.474. The molecule has 4 rings (SSSR count). The third-order valence-corrected chi connectivity index (χ3v) is 5.77. The van der Waals surface area contributed by atoms with Gasteiger partial charge in [0.15, 0.2) is 0 Å². The molecule has 0 unspecified atom stereocenters. The van der Waals surface area contributed by atoms with Crippen LogP contribution in [0.4, 0.5) is 0 Å². The van der Waals surface area contributed by atoms with Crippen molar-refractivity contribution in [1.82, 2.24) is 10.6 Å². The van der Waals surface area contributed by atoms with Crippen molar-refractivity contribution < 1.29 is 29.3 Å². The lowest BCUT2D eigenvalue weighted by Gasteiger charge is -2.29. The minimum atomic E-state index is -1.20. The van der Waals surface area contributed by atoms with Crippen LogP contribution in [0.3, 0.4) is 0 Å². The van der Waals surface area contributed by atoms with Gasteiger partial charge < -0.3 is 30.3 Å². The zero-order chi connectivity index (χ0) is 23.3. The van der Waals surface area contributed by atoms with E-state index in [9.17, 15) is 14.7 Å². The predicted molar refractivity (Wildman–Crippen MR) is 120 cm³/mol. The van der Waals surface area contributed by atoms with E-state index >= 15 is 0 Å². The Morgan fingerprint density at radius 1 is 0.939 bits per heavy atom. The largest absolute Gasteiger partial charge is 0.395 e. The fourth-order valence-electron chi connectivity index (χ4n) is 4.19. The van der Waals surface area contributed by atoms with E-state index < -0.39 is 24.1 Å². The van der Waals surface area contributed by atoms with E-state index in [1.807, 2.05) is 60.7 Å². The molecule has 2 aromatic carbocycles. The molecular weight excluding hydrogens is 424 g/mol. The van der Waals surface area contributed by atoms with Gasteiger partial charge in [-0.1, -0.05) is 60.7 Å². The molecule has 8 heteroatoms. The summed E-state index contributed by atoms with van der Waals surface area (Å²) in [6.07, 6.45) is -0.269. The molecule has 2 aliphatic rings. The van der Waals surface area contributed by atoms with Gasteiger partial charge in [0.25, 0.3) is 0 Å². The van der Waals surface area contributed by atoms with Gasteiger partial charge in [0.05, 0.1) is 12.7 Å². The molecule has 3 atom stereocenters. The number of amides is 2. The van der Waals surface area contributed by atoms with Gasteiger partial charge in [-0.3, -0.25) is 9.59 Å². The van der Waals surface area contributed by atoms with E-state index in [0.717, 1.165) is 11.1 Å². The van der Waals surface area contributed by atoms with E-state index in [2.05, 4.69) is 10.6 Å². The first kappa shape index (κ1) is 23.1. The fraction of sp³-hybridized carbons (Fsp3) is 0.360. The summed E-state index contributed by atoms with van der Waals surface area (Å²) in [6, 6.07) is 19.1. The summed E-state index contributed by atoms with van der Waals surface area (Å²) >= 11 is 0. The highest BCUT2D eigenvalue weighted by Crippen LogP contribution is 2.46. The number of carbonyl (C=O) groups excluding carboxylic acids is 2. The van der Waals surface area contributed by atoms with Crippen LogP contribution in [0.25, 0.3) is 0 Å². The van der Waals surface area contributed by atoms with Gasteiger partial charge >= 0.3 is 0 Å². The Morgan fingerprint density at radius 3 is 2.18 bits per heavy atom. The Hall–Kier alpha value is -3.04. The molecule has 0 aromatic heterocycles. The van der Waals surface area contributed by atoms with Crippen molar-refractivity contribution in [1.29, 1.82) is 0 Å². The van der Waals surface area contributed by atoms with Gasteiger partial charge in [-0.05, 0) is 6.08 Å². The highest BCUT2D eigenvalue weighted by Gasteiger charge is 2.53. The molecule has 0 saturated carbocycles. The molecule has 2 amide bonds. The smallest absolute Gasteiger partial charge is 0.247 e. The van der Waals surface area contributed by atoms with E-state index in [-0.39, 0.29) is 44.4 Å². The lowest BCUT2D eigenvalue weighted by molar-refractivity contribution is -0.156. The number of ether oxygens (including phenoxy) is 2. The molecule has 0 radical (unpaired) electrons. The average molecular weight is 453 g/mol. The Morgan fingerprint density at radius 2 is 1.58 bits per heavy atom. The second-order valence-electron chi connectivity index (χ2n) is 8.06. The van der Waals surface area contributed by atoms with Crippen LogP contribution in [-0.2, 0) is 24.8 Å². The summed E-state index contributed by atoms with van der Waals surface area (Å²) in [6.45, 7) is 0.184. The molecular formula is C25H28N2O6. The molecule has 0 bridgehead atoms. The van der Waals surface area contributed by atoms with Crippen molar-refractivity contribution in [2.24, 2.45) is 0 Å². The van der Waals surface area contributed by atoms with Gasteiger partial charge in [0, 0.05) is 42.6 Å². The average Bonchev–Trinajstić information content (AvgIpc) is 3.25. The maximum absolute atomic E-state index is 12.7. The SMILES string of the molecule is O=C(CCNC(=O)C1=C[C@H]2OC(c3ccccc3)(c3ccccc3)O[C@H]2[C@H](O)C1)NCCO. The van der Waals surface area contributed by atoms with Crippen LogP contribution in [0.15, 0.2) is 72.3 Å². The highest BCUT2D eigenvalue weighted by atomic mass is 16.8. The number of aliphatic hydroxyl groups is 2. The molecule has 4 N–H and O–H groups in total. The molecule has 33 heavy (non-hydrogen) atoms. The molecule has 1 aliphatic carbocycles. The van der Waals surface area contributed by atoms with Crippen molar-refractivity contribution in [3.8, 4) is 0 Å². The Labute approximate surface area is 192 Å². The molecule has 1 fully saturated rings. The molecule has 1 heterocycles. The standard InChI is InChI=1S/C25H28N2O6/c28-14-13-26-22(30)11-12-27-24(31)17-15-20(29)23-21(16-17)32-25(33-23,18-7-3-1-4-8-18)19-9-5-2-6-10-19/h1-10,16,20-21,23,28-29H,11-15H2,(H,26,30)(H,27,31)/t20-,21-,23+/m1/s1. The summed E-state index contributed by atoms with van der Waals surface area (Å²) in [7, 11) is 0. The monoisotopic (exact) mass is 452 g/mol. The normalized spacial score (nSPS) is 23.3. The number of benzene rings is 2. The summed E-state index contributed by atoms with van der Waals surface area (Å²) in [4.78, 5) is 24.3. The zero-order valence-corrected chi connectivity index (χ0v) is 18.1. The molecule has 8 nitrogen and oxygen atoms in total. The lowest BCUT2D eigenvalue weighted by Crippen LogP contribution is -2.41.